The molecule has 1 aliphatic rings. The number of rotatable bonds is 8. The smallest absolute Gasteiger partial charge is 0.338 e. The van der Waals surface area contributed by atoms with Gasteiger partial charge in [-0.05, 0) is 63.1 Å². The van der Waals surface area contributed by atoms with E-state index in [1.165, 1.54) is 24.3 Å². The normalized spacial score (nSPS) is 13.7. The first-order chi connectivity index (χ1) is 15.3. The lowest BCUT2D eigenvalue weighted by molar-refractivity contribution is 0.0474. The summed E-state index contributed by atoms with van der Waals surface area (Å²) in [6.07, 6.45) is 1.63. The number of esters is 1. The Balaban J connectivity index is 1.46. The molecule has 0 atom stereocenters. The number of carbonyl (C=O) groups is 2. The van der Waals surface area contributed by atoms with E-state index in [0.29, 0.717) is 5.56 Å². The summed E-state index contributed by atoms with van der Waals surface area (Å²) in [6, 6.07) is 17.0. The van der Waals surface area contributed by atoms with Gasteiger partial charge in [-0.3, -0.25) is 4.79 Å². The second kappa shape index (κ2) is 8.72. The Morgan fingerprint density at radius 1 is 1.03 bits per heavy atom. The highest BCUT2D eigenvalue weighted by Crippen LogP contribution is 2.23. The van der Waals surface area contributed by atoms with Crippen molar-refractivity contribution in [2.45, 2.75) is 37.6 Å². The number of hydrogen-bond acceptors (Lipinski definition) is 5. The summed E-state index contributed by atoms with van der Waals surface area (Å²) in [5.41, 5.74) is 3.14. The lowest BCUT2D eigenvalue weighted by atomic mass is 10.1. The average Bonchev–Trinajstić information content (AvgIpc) is 3.54. The second-order valence-electron chi connectivity index (χ2n) is 7.88. The standard InChI is InChI=1S/C24H24N2O5S/c1-16-13-22(17(2)26(16)20-8-4-3-5-9-20)23(27)15-31-24(28)18-7-6-10-21(14-18)32(29,30)25-19-11-12-19/h3-10,13-14,19,25H,11-12,15H2,1-2H3. The van der Waals surface area contributed by atoms with Gasteiger partial charge in [-0.2, -0.15) is 0 Å². The molecule has 166 valence electrons. The molecule has 0 spiro atoms. The van der Waals surface area contributed by atoms with Crippen LogP contribution in [0.2, 0.25) is 0 Å². The topological polar surface area (TPSA) is 94.5 Å². The molecule has 4 rings (SSSR count). The van der Waals surface area contributed by atoms with Crippen molar-refractivity contribution >= 4 is 21.8 Å². The second-order valence-corrected chi connectivity index (χ2v) is 9.59. The van der Waals surface area contributed by atoms with Crippen LogP contribution in [0.15, 0.2) is 65.6 Å². The minimum atomic E-state index is -3.69. The zero-order chi connectivity index (χ0) is 22.9. The summed E-state index contributed by atoms with van der Waals surface area (Å²) in [5.74, 6) is -1.08. The fourth-order valence-electron chi connectivity index (χ4n) is 3.59. The number of ether oxygens (including phenoxy) is 1. The Labute approximate surface area is 187 Å². The molecule has 1 fully saturated rings. The van der Waals surface area contributed by atoms with Crippen LogP contribution < -0.4 is 4.72 Å². The molecular weight excluding hydrogens is 428 g/mol. The fourth-order valence-corrected chi connectivity index (χ4v) is 4.94. The summed E-state index contributed by atoms with van der Waals surface area (Å²) in [7, 11) is -3.69. The number of benzene rings is 2. The molecule has 1 aliphatic carbocycles. The van der Waals surface area contributed by atoms with Crippen LogP contribution in [-0.4, -0.2) is 37.4 Å². The molecule has 32 heavy (non-hydrogen) atoms. The van der Waals surface area contributed by atoms with Gasteiger partial charge in [0.25, 0.3) is 0 Å². The number of Topliss-reactive ketones (excluding diaryl/α,β-unsaturated/α-hetero) is 1. The maximum atomic E-state index is 12.8. The van der Waals surface area contributed by atoms with Crippen LogP contribution in [0.3, 0.4) is 0 Å². The number of hydrogen-bond donors (Lipinski definition) is 1. The fraction of sp³-hybridized carbons (Fsp3) is 0.250. The van der Waals surface area contributed by atoms with Crippen LogP contribution in [0.4, 0.5) is 0 Å². The number of carbonyl (C=O) groups excluding carboxylic acids is 2. The molecule has 2 aromatic carbocycles. The summed E-state index contributed by atoms with van der Waals surface area (Å²) in [4.78, 5) is 25.2. The van der Waals surface area contributed by atoms with Gasteiger partial charge in [-0.1, -0.05) is 24.3 Å². The van der Waals surface area contributed by atoms with Crippen molar-refractivity contribution in [3.05, 3.63) is 83.2 Å². The van der Waals surface area contributed by atoms with Gasteiger partial charge in [-0.25, -0.2) is 17.9 Å². The maximum absolute atomic E-state index is 12.8. The lowest BCUT2D eigenvalue weighted by Gasteiger charge is -2.10. The third-order valence-electron chi connectivity index (χ3n) is 5.36. The third-order valence-corrected chi connectivity index (χ3v) is 6.88. The molecule has 1 heterocycles. The Hall–Kier alpha value is -3.23. The highest BCUT2D eigenvalue weighted by atomic mass is 32.2. The number of aromatic nitrogens is 1. The molecule has 1 aromatic heterocycles. The zero-order valence-electron chi connectivity index (χ0n) is 17.9. The number of nitrogens with zero attached hydrogens (tertiary/aromatic N) is 1. The van der Waals surface area contributed by atoms with E-state index in [2.05, 4.69) is 4.72 Å². The SMILES string of the molecule is Cc1cc(C(=O)COC(=O)c2cccc(S(=O)(=O)NC3CC3)c2)c(C)n1-c1ccccc1. The van der Waals surface area contributed by atoms with Crippen molar-refractivity contribution < 1.29 is 22.7 Å². The van der Waals surface area contributed by atoms with Crippen LogP contribution in [0.25, 0.3) is 5.69 Å². The number of para-hydroxylation sites is 1. The number of ketones is 1. The molecule has 0 unspecified atom stereocenters. The molecular formula is C24H24N2O5S. The van der Waals surface area contributed by atoms with E-state index in [-0.39, 0.29) is 22.3 Å². The van der Waals surface area contributed by atoms with Gasteiger partial charge in [0, 0.05) is 28.7 Å². The summed E-state index contributed by atoms with van der Waals surface area (Å²) in [6.45, 7) is 3.32. The molecule has 0 saturated heterocycles. The van der Waals surface area contributed by atoms with E-state index >= 15 is 0 Å². The van der Waals surface area contributed by atoms with Crippen molar-refractivity contribution in [2.24, 2.45) is 0 Å². The van der Waals surface area contributed by atoms with Gasteiger partial charge < -0.3 is 9.30 Å². The molecule has 0 aliphatic heterocycles. The predicted octanol–water partition coefficient (Wildman–Crippen LogP) is 3.57. The summed E-state index contributed by atoms with van der Waals surface area (Å²) in [5, 5.41) is 0. The Bertz CT molecular complexity index is 1270. The van der Waals surface area contributed by atoms with E-state index in [4.69, 9.17) is 4.74 Å². The van der Waals surface area contributed by atoms with Crippen molar-refractivity contribution in [3.63, 3.8) is 0 Å². The average molecular weight is 453 g/mol. The Morgan fingerprint density at radius 2 is 1.75 bits per heavy atom. The molecule has 1 saturated carbocycles. The minimum absolute atomic E-state index is 0.00316. The molecule has 0 bridgehead atoms. The van der Waals surface area contributed by atoms with Crippen molar-refractivity contribution in [1.29, 1.82) is 0 Å². The van der Waals surface area contributed by atoms with Crippen LogP contribution in [-0.2, 0) is 14.8 Å². The van der Waals surface area contributed by atoms with E-state index in [1.54, 1.807) is 6.07 Å². The first-order valence-electron chi connectivity index (χ1n) is 10.3. The first-order valence-corrected chi connectivity index (χ1v) is 11.8. The highest BCUT2D eigenvalue weighted by Gasteiger charge is 2.28. The quantitative estimate of drug-likeness (QED) is 0.416. The Morgan fingerprint density at radius 3 is 2.44 bits per heavy atom. The van der Waals surface area contributed by atoms with E-state index in [0.717, 1.165) is 29.9 Å². The summed E-state index contributed by atoms with van der Waals surface area (Å²) >= 11 is 0. The zero-order valence-corrected chi connectivity index (χ0v) is 18.7. The number of nitrogens with one attached hydrogen (secondary N) is 1. The van der Waals surface area contributed by atoms with Gasteiger partial charge in [-0.15, -0.1) is 0 Å². The lowest BCUT2D eigenvalue weighted by Crippen LogP contribution is -2.26. The van der Waals surface area contributed by atoms with Gasteiger partial charge in [0.05, 0.1) is 10.5 Å². The maximum Gasteiger partial charge on any atom is 0.338 e. The highest BCUT2D eigenvalue weighted by molar-refractivity contribution is 7.89. The van der Waals surface area contributed by atoms with Gasteiger partial charge in [0.2, 0.25) is 15.8 Å². The molecule has 0 amide bonds. The van der Waals surface area contributed by atoms with E-state index in [9.17, 15) is 18.0 Å². The van der Waals surface area contributed by atoms with Crippen LogP contribution >= 0.6 is 0 Å². The molecule has 7 nitrogen and oxygen atoms in total. The monoisotopic (exact) mass is 452 g/mol. The summed E-state index contributed by atoms with van der Waals surface area (Å²) < 4.78 is 34.5. The van der Waals surface area contributed by atoms with Crippen molar-refractivity contribution in [3.8, 4) is 5.69 Å². The molecule has 3 aromatic rings. The number of aryl methyl sites for hydroxylation is 1. The van der Waals surface area contributed by atoms with Gasteiger partial charge >= 0.3 is 5.97 Å². The molecule has 1 N–H and O–H groups in total. The molecule has 8 heteroatoms. The first kappa shape index (κ1) is 22.0. The van der Waals surface area contributed by atoms with Gasteiger partial charge in [0.15, 0.2) is 6.61 Å². The van der Waals surface area contributed by atoms with Crippen molar-refractivity contribution in [1.82, 2.24) is 9.29 Å². The van der Waals surface area contributed by atoms with Crippen molar-refractivity contribution in [2.75, 3.05) is 6.61 Å². The Kier molecular flexibility index (Phi) is 5.99. The number of sulfonamides is 1. The van der Waals surface area contributed by atoms with Crippen LogP contribution in [0, 0.1) is 13.8 Å². The van der Waals surface area contributed by atoms with Gasteiger partial charge in [0.1, 0.15) is 0 Å². The van der Waals surface area contributed by atoms with Crippen LogP contribution in [0.1, 0.15) is 44.9 Å². The minimum Gasteiger partial charge on any atom is -0.454 e. The van der Waals surface area contributed by atoms with E-state index < -0.39 is 22.6 Å². The third kappa shape index (κ3) is 4.66. The largest absolute Gasteiger partial charge is 0.454 e. The van der Waals surface area contributed by atoms with Crippen LogP contribution in [0.5, 0.6) is 0 Å². The molecule has 0 radical (unpaired) electrons. The predicted molar refractivity (Wildman–Crippen MR) is 120 cm³/mol. The van der Waals surface area contributed by atoms with E-state index in [1.807, 2.05) is 48.7 Å².